The minimum absolute atomic E-state index is 0.254. The van der Waals surface area contributed by atoms with Crippen molar-refractivity contribution >= 4 is 22.4 Å². The van der Waals surface area contributed by atoms with Crippen molar-refractivity contribution < 1.29 is 9.53 Å². The lowest BCUT2D eigenvalue weighted by molar-refractivity contribution is 0.0594. The Bertz CT molecular complexity index is 421. The van der Waals surface area contributed by atoms with Gasteiger partial charge >= 0.3 is 5.97 Å². The number of aryl methyl sites for hydroxylation is 1. The van der Waals surface area contributed by atoms with E-state index in [1.165, 1.54) is 18.4 Å². The van der Waals surface area contributed by atoms with Crippen molar-refractivity contribution in [3.8, 4) is 0 Å². The molecule has 0 saturated carbocycles. The summed E-state index contributed by atoms with van der Waals surface area (Å²) in [6.07, 6.45) is 0. The number of hydrogen-bond donors (Lipinski definition) is 1. The molecular formula is C13H22N2O2S. The van der Waals surface area contributed by atoms with Crippen LogP contribution in [0.5, 0.6) is 0 Å². The Morgan fingerprint density at radius 2 is 2.11 bits per heavy atom. The molecule has 4 nitrogen and oxygen atoms in total. The number of thiazole rings is 1. The fraction of sp³-hybridized carbons (Fsp3) is 0.692. The smallest absolute Gasteiger partial charge is 0.357 e. The Hall–Kier alpha value is -1.10. The monoisotopic (exact) mass is 270 g/mol. The third-order valence-electron chi connectivity index (χ3n) is 3.21. The first-order valence-electron chi connectivity index (χ1n) is 6.05. The van der Waals surface area contributed by atoms with Gasteiger partial charge in [0.1, 0.15) is 0 Å². The number of carbonyl (C=O) groups excluding carboxylic acids is 1. The Kier molecular flexibility index (Phi) is 4.73. The second-order valence-corrected chi connectivity index (χ2v) is 6.77. The van der Waals surface area contributed by atoms with E-state index in [1.807, 2.05) is 6.92 Å². The van der Waals surface area contributed by atoms with Gasteiger partial charge in [0.2, 0.25) is 0 Å². The second kappa shape index (κ2) is 5.69. The molecule has 1 atom stereocenters. The highest BCUT2D eigenvalue weighted by Crippen LogP contribution is 2.27. The molecule has 5 heteroatoms. The third kappa shape index (κ3) is 3.70. The largest absolute Gasteiger partial charge is 0.464 e. The molecule has 0 spiro atoms. The van der Waals surface area contributed by atoms with Crippen LogP contribution in [0.3, 0.4) is 0 Å². The van der Waals surface area contributed by atoms with E-state index in [9.17, 15) is 4.79 Å². The minimum Gasteiger partial charge on any atom is -0.464 e. The predicted molar refractivity (Wildman–Crippen MR) is 75.3 cm³/mol. The molecule has 0 aliphatic heterocycles. The van der Waals surface area contributed by atoms with Crippen LogP contribution in [-0.2, 0) is 4.74 Å². The fourth-order valence-electron chi connectivity index (χ4n) is 1.30. The van der Waals surface area contributed by atoms with Crippen LogP contribution in [0.15, 0.2) is 0 Å². The summed E-state index contributed by atoms with van der Waals surface area (Å²) in [6, 6.07) is 0. The Labute approximate surface area is 113 Å². The molecule has 0 aliphatic rings. The third-order valence-corrected chi connectivity index (χ3v) is 4.14. The summed E-state index contributed by atoms with van der Waals surface area (Å²) in [4.78, 5) is 16.6. The lowest BCUT2D eigenvalue weighted by atomic mass is 9.82. The molecule has 18 heavy (non-hydrogen) atoms. The maximum absolute atomic E-state index is 11.4. The molecule has 1 heterocycles. The molecular weight excluding hydrogens is 248 g/mol. The highest BCUT2D eigenvalue weighted by atomic mass is 32.1. The SMILES string of the molecule is COC(=O)c1nc(NCC(C)C(C)(C)C)sc1C. The van der Waals surface area contributed by atoms with Crippen molar-refractivity contribution in [1.82, 2.24) is 4.98 Å². The summed E-state index contributed by atoms with van der Waals surface area (Å²) in [6.45, 7) is 11.6. The number of nitrogens with one attached hydrogen (secondary N) is 1. The topological polar surface area (TPSA) is 51.2 Å². The molecule has 1 unspecified atom stereocenters. The molecule has 0 aromatic carbocycles. The highest BCUT2D eigenvalue weighted by Gasteiger charge is 2.21. The maximum Gasteiger partial charge on any atom is 0.357 e. The van der Waals surface area contributed by atoms with Crippen molar-refractivity contribution in [2.24, 2.45) is 11.3 Å². The van der Waals surface area contributed by atoms with E-state index in [-0.39, 0.29) is 11.4 Å². The first kappa shape index (κ1) is 15.0. The number of nitrogens with zero attached hydrogens (tertiary/aromatic N) is 1. The van der Waals surface area contributed by atoms with Crippen LogP contribution in [0.25, 0.3) is 0 Å². The van der Waals surface area contributed by atoms with E-state index in [4.69, 9.17) is 0 Å². The lowest BCUT2D eigenvalue weighted by Crippen LogP contribution is -2.24. The van der Waals surface area contributed by atoms with Crippen molar-refractivity contribution in [2.45, 2.75) is 34.6 Å². The van der Waals surface area contributed by atoms with Crippen LogP contribution in [0, 0.1) is 18.3 Å². The van der Waals surface area contributed by atoms with Gasteiger partial charge in [0.25, 0.3) is 0 Å². The van der Waals surface area contributed by atoms with Crippen LogP contribution in [0.1, 0.15) is 43.1 Å². The molecule has 0 bridgehead atoms. The minimum atomic E-state index is -0.374. The highest BCUT2D eigenvalue weighted by molar-refractivity contribution is 7.15. The van der Waals surface area contributed by atoms with Gasteiger partial charge < -0.3 is 10.1 Å². The zero-order chi connectivity index (χ0) is 13.9. The maximum atomic E-state index is 11.4. The summed E-state index contributed by atoms with van der Waals surface area (Å²) < 4.78 is 4.69. The van der Waals surface area contributed by atoms with Crippen molar-refractivity contribution in [1.29, 1.82) is 0 Å². The molecule has 0 aliphatic carbocycles. The van der Waals surface area contributed by atoms with E-state index >= 15 is 0 Å². The second-order valence-electron chi connectivity index (χ2n) is 5.56. The summed E-state index contributed by atoms with van der Waals surface area (Å²) in [5.41, 5.74) is 0.665. The zero-order valence-electron chi connectivity index (χ0n) is 12.0. The van der Waals surface area contributed by atoms with E-state index in [2.05, 4.69) is 42.7 Å². The number of ether oxygens (including phenoxy) is 1. The summed E-state index contributed by atoms with van der Waals surface area (Å²) in [5, 5.41) is 4.07. The Balaban J connectivity index is 2.67. The summed E-state index contributed by atoms with van der Waals surface area (Å²) >= 11 is 1.49. The zero-order valence-corrected chi connectivity index (χ0v) is 12.8. The number of methoxy groups -OCH3 is 1. The van der Waals surface area contributed by atoms with Gasteiger partial charge in [-0.2, -0.15) is 0 Å². The molecule has 0 saturated heterocycles. The van der Waals surface area contributed by atoms with Crippen LogP contribution in [0.2, 0.25) is 0 Å². The van der Waals surface area contributed by atoms with Gasteiger partial charge in [0.05, 0.1) is 7.11 Å². The van der Waals surface area contributed by atoms with Crippen molar-refractivity contribution in [2.75, 3.05) is 19.0 Å². The van der Waals surface area contributed by atoms with Crippen LogP contribution >= 0.6 is 11.3 Å². The standard InChI is InChI=1S/C13H22N2O2S/c1-8(13(3,4)5)7-14-12-15-10(9(2)18-12)11(16)17-6/h8H,7H2,1-6H3,(H,14,15). The number of rotatable bonds is 4. The first-order valence-corrected chi connectivity index (χ1v) is 6.87. The fourth-order valence-corrected chi connectivity index (χ4v) is 2.11. The molecule has 0 fully saturated rings. The van der Waals surface area contributed by atoms with E-state index < -0.39 is 0 Å². The first-order chi connectivity index (χ1) is 8.25. The van der Waals surface area contributed by atoms with Crippen LogP contribution < -0.4 is 5.32 Å². The molecule has 1 aromatic heterocycles. The van der Waals surface area contributed by atoms with Crippen molar-refractivity contribution in [3.05, 3.63) is 10.6 Å². The van der Waals surface area contributed by atoms with Gasteiger partial charge in [-0.05, 0) is 18.3 Å². The van der Waals surface area contributed by atoms with Gasteiger partial charge in [0.15, 0.2) is 10.8 Å². The van der Waals surface area contributed by atoms with E-state index in [0.717, 1.165) is 16.6 Å². The van der Waals surface area contributed by atoms with Crippen molar-refractivity contribution in [3.63, 3.8) is 0 Å². The van der Waals surface area contributed by atoms with Gasteiger partial charge in [-0.3, -0.25) is 0 Å². The predicted octanol–water partition coefficient (Wildman–Crippen LogP) is 3.33. The molecule has 0 radical (unpaired) electrons. The number of aromatic nitrogens is 1. The number of carbonyl (C=O) groups is 1. The molecule has 1 rings (SSSR count). The average Bonchev–Trinajstić information content (AvgIpc) is 2.65. The van der Waals surface area contributed by atoms with Gasteiger partial charge in [-0.15, -0.1) is 11.3 Å². The normalized spacial score (nSPS) is 13.2. The Morgan fingerprint density at radius 1 is 1.50 bits per heavy atom. The number of hydrogen-bond acceptors (Lipinski definition) is 5. The van der Waals surface area contributed by atoms with Gasteiger partial charge in [-0.1, -0.05) is 27.7 Å². The lowest BCUT2D eigenvalue weighted by Gasteiger charge is -2.27. The number of esters is 1. The molecule has 1 aromatic rings. The molecule has 102 valence electrons. The van der Waals surface area contributed by atoms with Crippen LogP contribution in [-0.4, -0.2) is 24.6 Å². The van der Waals surface area contributed by atoms with Crippen LogP contribution in [0.4, 0.5) is 5.13 Å². The van der Waals surface area contributed by atoms with Gasteiger partial charge in [0, 0.05) is 11.4 Å². The van der Waals surface area contributed by atoms with E-state index in [0.29, 0.717) is 11.6 Å². The van der Waals surface area contributed by atoms with E-state index in [1.54, 1.807) is 0 Å². The average molecular weight is 270 g/mol. The summed E-state index contributed by atoms with van der Waals surface area (Å²) in [7, 11) is 1.37. The quantitative estimate of drug-likeness (QED) is 0.853. The Morgan fingerprint density at radius 3 is 2.61 bits per heavy atom. The molecule has 0 amide bonds. The van der Waals surface area contributed by atoms with Gasteiger partial charge in [-0.25, -0.2) is 9.78 Å². The molecule has 1 N–H and O–H groups in total. The summed E-state index contributed by atoms with van der Waals surface area (Å²) in [5.74, 6) is 0.143. The number of anilines is 1.